The van der Waals surface area contributed by atoms with E-state index in [0.717, 1.165) is 0 Å². The summed E-state index contributed by atoms with van der Waals surface area (Å²) in [6, 6.07) is 43.1. The molecule has 0 N–H and O–H groups in total. The Morgan fingerprint density at radius 1 is 0.526 bits per heavy atom. The van der Waals surface area contributed by atoms with Crippen LogP contribution in [0.5, 0.6) is 0 Å². The maximum Gasteiger partial charge on any atom is -0.0462 e. The fourth-order valence-corrected chi connectivity index (χ4v) is 4.41. The number of rotatable bonds is 2. The van der Waals surface area contributed by atoms with Crippen molar-refractivity contribution >= 4 is 27.0 Å². The van der Waals surface area contributed by atoms with Gasteiger partial charge in [-0.2, -0.15) is 0 Å². The molecule has 0 atom stereocenters. The molecule has 0 unspecified atom stereocenters. The third kappa shape index (κ3) is 8.39. The van der Waals surface area contributed by atoms with Crippen LogP contribution in [0.1, 0.15) is 11.1 Å². The van der Waals surface area contributed by atoms with Gasteiger partial charge in [-0.1, -0.05) is 107 Å². The van der Waals surface area contributed by atoms with Crippen LogP contribution in [0.25, 0.3) is 43.8 Å². The number of fused-ring (bicyclic) bond motifs is 2. The van der Waals surface area contributed by atoms with Gasteiger partial charge in [0.2, 0.25) is 0 Å². The summed E-state index contributed by atoms with van der Waals surface area (Å²) in [5.41, 5.74) is 8.17. The number of halogens is 2. The topological polar surface area (TPSA) is 0 Å². The van der Waals surface area contributed by atoms with E-state index in [4.69, 9.17) is 0 Å². The van der Waals surface area contributed by atoms with Crippen LogP contribution in [0.4, 0.5) is 0 Å². The Morgan fingerprint density at radius 2 is 0.842 bits per heavy atom. The molecule has 0 fully saturated rings. The van der Waals surface area contributed by atoms with Gasteiger partial charge in [0.05, 0.1) is 0 Å². The first-order valence-electron chi connectivity index (χ1n) is 12.4. The molecule has 6 aromatic carbocycles. The van der Waals surface area contributed by atoms with Crippen LogP contribution in [-0.2, 0) is 23.3 Å². The number of benzene rings is 4. The van der Waals surface area contributed by atoms with Gasteiger partial charge in [0.1, 0.15) is 0 Å². The summed E-state index contributed by atoms with van der Waals surface area (Å²) in [5.74, 6) is 0. The fourth-order valence-electron chi connectivity index (χ4n) is 4.41. The number of hydrogen-bond acceptors (Lipinski definition) is 0. The molecular formula is C34H32Cl2SiZr-2. The van der Waals surface area contributed by atoms with Crippen LogP contribution >= 0.6 is 0 Å². The average molecular weight is 631 g/mol. The Bertz CT molecular complexity index is 1420. The van der Waals surface area contributed by atoms with Gasteiger partial charge >= 0.3 is 41.9 Å². The number of aryl methyl sites for hydroxylation is 2. The molecule has 0 heterocycles. The SMILES string of the molecule is C[Si](C)=[Zr+2].Cc1ccccc1-c1cc2ccccc2[cH-]1.Cc1ccccc1-c1cc2ccccc2[cH-]1.[Cl-].[Cl-]. The Kier molecular flexibility index (Phi) is 13.0. The van der Waals surface area contributed by atoms with E-state index >= 15 is 0 Å². The van der Waals surface area contributed by atoms with Crippen molar-refractivity contribution in [3.05, 3.63) is 132 Å². The molecule has 0 aromatic heterocycles. The van der Waals surface area contributed by atoms with E-state index in [9.17, 15) is 0 Å². The van der Waals surface area contributed by atoms with E-state index < -0.39 is 0 Å². The summed E-state index contributed by atoms with van der Waals surface area (Å²) in [6.45, 7) is 8.94. The van der Waals surface area contributed by atoms with Crippen LogP contribution in [0.15, 0.2) is 121 Å². The summed E-state index contributed by atoms with van der Waals surface area (Å²) < 4.78 is 0. The van der Waals surface area contributed by atoms with Crippen molar-refractivity contribution in [2.45, 2.75) is 26.9 Å². The van der Waals surface area contributed by atoms with Crippen LogP contribution in [0.2, 0.25) is 13.1 Å². The molecule has 0 amide bonds. The van der Waals surface area contributed by atoms with Crippen LogP contribution in [-0.4, -0.2) is 5.43 Å². The summed E-state index contributed by atoms with van der Waals surface area (Å²) in [7, 11) is 0. The van der Waals surface area contributed by atoms with Gasteiger partial charge < -0.3 is 24.8 Å². The molecule has 192 valence electrons. The Hall–Kier alpha value is -2.22. The normalized spacial score (nSPS) is 9.84. The Morgan fingerprint density at radius 3 is 1.18 bits per heavy atom. The summed E-state index contributed by atoms with van der Waals surface area (Å²) in [4.78, 5) is 0. The van der Waals surface area contributed by atoms with Gasteiger partial charge in [0.25, 0.3) is 0 Å². The van der Waals surface area contributed by atoms with Gasteiger partial charge in [0.15, 0.2) is 0 Å². The maximum absolute atomic E-state index is 2.31. The average Bonchev–Trinajstić information content (AvgIpc) is 3.49. The quantitative estimate of drug-likeness (QED) is 0.202. The smallest absolute Gasteiger partial charge is 0.0462 e. The second-order valence-electron chi connectivity index (χ2n) is 9.38. The molecule has 6 rings (SSSR count). The maximum atomic E-state index is 2.31. The predicted octanol–water partition coefficient (Wildman–Crippen LogP) is 3.86. The van der Waals surface area contributed by atoms with E-state index in [-0.39, 0.29) is 30.2 Å². The molecule has 4 heteroatoms. The largest absolute Gasteiger partial charge is 1.00 e. The first kappa shape index (κ1) is 32.0. The van der Waals surface area contributed by atoms with Gasteiger partial charge in [0, 0.05) is 0 Å². The van der Waals surface area contributed by atoms with Crippen molar-refractivity contribution in [2.75, 3.05) is 0 Å². The summed E-state index contributed by atoms with van der Waals surface area (Å²) in [6.07, 6.45) is 0. The molecule has 0 aliphatic rings. The van der Waals surface area contributed by atoms with Crippen molar-refractivity contribution in [1.29, 1.82) is 0 Å². The Balaban J connectivity index is 0.000000224. The fraction of sp³-hybridized carbons (Fsp3) is 0.118. The zero-order chi connectivity index (χ0) is 25.5. The summed E-state index contributed by atoms with van der Waals surface area (Å²) >= 11 is 1.74. The number of hydrogen-bond donors (Lipinski definition) is 0. The van der Waals surface area contributed by atoms with Gasteiger partial charge in [-0.25, -0.2) is 0 Å². The molecule has 0 spiro atoms. The molecule has 0 radical (unpaired) electrons. The van der Waals surface area contributed by atoms with Crippen LogP contribution < -0.4 is 24.8 Å². The molecule has 0 nitrogen and oxygen atoms in total. The molecule has 0 saturated heterocycles. The molecule has 0 bridgehead atoms. The molecule has 0 aliphatic heterocycles. The van der Waals surface area contributed by atoms with Crippen LogP contribution in [0.3, 0.4) is 0 Å². The van der Waals surface area contributed by atoms with E-state index in [1.54, 1.807) is 23.3 Å². The van der Waals surface area contributed by atoms with Gasteiger partial charge in [-0.05, 0) is 13.8 Å². The van der Waals surface area contributed by atoms with E-state index in [2.05, 4.69) is 148 Å². The van der Waals surface area contributed by atoms with Crippen LogP contribution in [0, 0.1) is 13.8 Å². The zero-order valence-corrected chi connectivity index (χ0v) is 27.3. The zero-order valence-electron chi connectivity index (χ0n) is 22.3. The monoisotopic (exact) mass is 628 g/mol. The third-order valence-electron chi connectivity index (χ3n) is 6.15. The molecule has 38 heavy (non-hydrogen) atoms. The standard InChI is InChI=1S/2C16H13.C2H6Si.2ClH.Zr/c2*1-12-6-2-5-9-16(12)15-10-13-7-3-4-8-14(13)11-15;1-3-2;;;/h2*2-11H,1H3;1-2H3;2*1H;/q2*-1;;;;+2/p-2. The predicted molar refractivity (Wildman–Crippen MR) is 157 cm³/mol. The summed E-state index contributed by atoms with van der Waals surface area (Å²) in [5, 5.41) is 5.28. The van der Waals surface area contributed by atoms with Crippen molar-refractivity contribution in [3.63, 3.8) is 0 Å². The minimum atomic E-state index is 0. The minimum absolute atomic E-state index is 0. The molecular weight excluding hydrogens is 599 g/mol. The molecule has 0 aliphatic carbocycles. The van der Waals surface area contributed by atoms with E-state index in [1.165, 1.54) is 54.9 Å². The second kappa shape index (κ2) is 15.4. The third-order valence-corrected chi connectivity index (χ3v) is 6.15. The minimum Gasteiger partial charge on any atom is -1.00 e. The molecule has 0 saturated carbocycles. The van der Waals surface area contributed by atoms with Crippen molar-refractivity contribution in [1.82, 2.24) is 0 Å². The molecule has 6 aromatic rings. The van der Waals surface area contributed by atoms with Crippen molar-refractivity contribution in [2.24, 2.45) is 0 Å². The first-order chi connectivity index (χ1) is 17.4. The second-order valence-corrected chi connectivity index (χ2v) is 18.7. The van der Waals surface area contributed by atoms with Crippen molar-refractivity contribution < 1.29 is 48.1 Å². The van der Waals surface area contributed by atoms with Gasteiger partial charge in [-0.15, -0.1) is 69.1 Å². The first-order valence-corrected chi connectivity index (χ1v) is 18.6. The van der Waals surface area contributed by atoms with Gasteiger partial charge in [-0.3, -0.25) is 0 Å². The van der Waals surface area contributed by atoms with E-state index in [0.29, 0.717) is 0 Å². The Labute approximate surface area is 255 Å². The van der Waals surface area contributed by atoms with E-state index in [1.807, 2.05) is 0 Å². The van der Waals surface area contributed by atoms with Crippen molar-refractivity contribution in [3.8, 4) is 22.3 Å².